The molecule has 20 heavy (non-hydrogen) atoms. The van der Waals surface area contributed by atoms with Crippen molar-refractivity contribution in [2.75, 3.05) is 13.6 Å². The van der Waals surface area contributed by atoms with E-state index in [2.05, 4.69) is 15.6 Å². The van der Waals surface area contributed by atoms with E-state index in [1.54, 1.807) is 34.2 Å². The Hall–Kier alpha value is -1.73. The third kappa shape index (κ3) is 4.14. The molecule has 0 aliphatic carbocycles. The molecule has 0 atom stereocenters. The van der Waals surface area contributed by atoms with Gasteiger partial charge in [-0.2, -0.15) is 0 Å². The number of carbonyl (C=O) groups is 1. The van der Waals surface area contributed by atoms with E-state index in [0.717, 1.165) is 12.2 Å². The smallest absolute Gasteiger partial charge is 0.244 e. The maximum atomic E-state index is 12.1. The summed E-state index contributed by atoms with van der Waals surface area (Å²) < 4.78 is 1.58. The van der Waals surface area contributed by atoms with Gasteiger partial charge < -0.3 is 10.2 Å². The first-order valence-electron chi connectivity index (χ1n) is 6.55. The molecule has 0 aromatic carbocycles. The van der Waals surface area contributed by atoms with Crippen LogP contribution < -0.4 is 5.32 Å². The van der Waals surface area contributed by atoms with Crippen LogP contribution in [0.4, 0.5) is 0 Å². The lowest BCUT2D eigenvalue weighted by Gasteiger charge is -2.15. The van der Waals surface area contributed by atoms with Gasteiger partial charge in [0.25, 0.3) is 0 Å². The number of rotatable bonds is 7. The van der Waals surface area contributed by atoms with Crippen LogP contribution in [0.25, 0.3) is 0 Å². The highest BCUT2D eigenvalue weighted by Crippen LogP contribution is 2.11. The standard InChI is InChI=1S/C13H19N5OS/c1-3-14-7-11-8-18(16-15-11)10-13(19)17(2)9-12-5-4-6-20-12/h4-6,8,14H,3,7,9-10H2,1-2H3. The summed E-state index contributed by atoms with van der Waals surface area (Å²) in [7, 11) is 1.80. The third-order valence-electron chi connectivity index (χ3n) is 2.84. The Bertz CT molecular complexity index is 537. The molecular formula is C13H19N5OS. The number of aromatic nitrogens is 3. The Morgan fingerprint density at radius 2 is 2.40 bits per heavy atom. The molecule has 2 aromatic heterocycles. The fourth-order valence-corrected chi connectivity index (χ4v) is 2.49. The first-order chi connectivity index (χ1) is 9.69. The van der Waals surface area contributed by atoms with Crippen molar-refractivity contribution in [1.82, 2.24) is 25.2 Å². The van der Waals surface area contributed by atoms with Gasteiger partial charge in [-0.3, -0.25) is 4.79 Å². The van der Waals surface area contributed by atoms with Gasteiger partial charge >= 0.3 is 0 Å². The second kappa shape index (κ2) is 7.16. The SMILES string of the molecule is CCNCc1cn(CC(=O)N(C)Cc2cccs2)nn1. The van der Waals surface area contributed by atoms with Crippen LogP contribution in [-0.4, -0.2) is 39.4 Å². The summed E-state index contributed by atoms with van der Waals surface area (Å²) in [4.78, 5) is 15.0. The lowest BCUT2D eigenvalue weighted by atomic mass is 10.4. The van der Waals surface area contributed by atoms with Gasteiger partial charge in [0.15, 0.2) is 0 Å². The number of carbonyl (C=O) groups excluding carboxylic acids is 1. The van der Waals surface area contributed by atoms with Crippen molar-refractivity contribution in [3.05, 3.63) is 34.3 Å². The zero-order valence-electron chi connectivity index (χ0n) is 11.7. The summed E-state index contributed by atoms with van der Waals surface area (Å²) >= 11 is 1.65. The van der Waals surface area contributed by atoms with E-state index in [1.165, 1.54) is 4.88 Å². The van der Waals surface area contributed by atoms with Crippen LogP contribution in [0.15, 0.2) is 23.7 Å². The van der Waals surface area contributed by atoms with E-state index < -0.39 is 0 Å². The largest absolute Gasteiger partial charge is 0.339 e. The van der Waals surface area contributed by atoms with E-state index in [4.69, 9.17) is 0 Å². The van der Waals surface area contributed by atoms with Gasteiger partial charge in [-0.05, 0) is 18.0 Å². The van der Waals surface area contributed by atoms with Crippen LogP contribution in [-0.2, 0) is 24.4 Å². The average Bonchev–Trinajstić information content (AvgIpc) is 3.08. The molecule has 6 nitrogen and oxygen atoms in total. The maximum Gasteiger partial charge on any atom is 0.244 e. The van der Waals surface area contributed by atoms with Crippen LogP contribution in [0, 0.1) is 0 Å². The van der Waals surface area contributed by atoms with Gasteiger partial charge in [0.2, 0.25) is 5.91 Å². The van der Waals surface area contributed by atoms with Gasteiger partial charge in [-0.1, -0.05) is 18.2 Å². The van der Waals surface area contributed by atoms with E-state index in [9.17, 15) is 4.79 Å². The van der Waals surface area contributed by atoms with Gasteiger partial charge in [-0.15, -0.1) is 16.4 Å². The van der Waals surface area contributed by atoms with Crippen LogP contribution in [0.5, 0.6) is 0 Å². The lowest BCUT2D eigenvalue weighted by Crippen LogP contribution is -2.29. The molecule has 0 spiro atoms. The number of nitrogens with zero attached hydrogens (tertiary/aromatic N) is 4. The summed E-state index contributed by atoms with van der Waals surface area (Å²) in [6, 6.07) is 4.02. The molecule has 2 rings (SSSR count). The fourth-order valence-electron chi connectivity index (χ4n) is 1.73. The van der Waals surface area contributed by atoms with Crippen LogP contribution >= 0.6 is 11.3 Å². The Morgan fingerprint density at radius 3 is 3.10 bits per heavy atom. The number of hydrogen-bond donors (Lipinski definition) is 1. The highest BCUT2D eigenvalue weighted by Gasteiger charge is 2.11. The van der Waals surface area contributed by atoms with E-state index in [1.807, 2.05) is 24.4 Å². The predicted molar refractivity (Wildman–Crippen MR) is 78.2 cm³/mol. The molecule has 0 aliphatic heterocycles. The molecule has 2 aromatic rings. The quantitative estimate of drug-likeness (QED) is 0.830. The zero-order chi connectivity index (χ0) is 14.4. The molecule has 1 N–H and O–H groups in total. The maximum absolute atomic E-state index is 12.1. The summed E-state index contributed by atoms with van der Waals surface area (Å²) in [5, 5.41) is 13.2. The number of likely N-dealkylation sites (N-methyl/N-ethyl adjacent to an activating group) is 1. The van der Waals surface area contributed by atoms with Crippen LogP contribution in [0.1, 0.15) is 17.5 Å². The Balaban J connectivity index is 1.85. The minimum Gasteiger partial charge on any atom is -0.339 e. The topological polar surface area (TPSA) is 63.1 Å². The van der Waals surface area contributed by atoms with Gasteiger partial charge in [-0.25, -0.2) is 4.68 Å². The van der Waals surface area contributed by atoms with Gasteiger partial charge in [0.05, 0.1) is 18.4 Å². The van der Waals surface area contributed by atoms with Crippen molar-refractivity contribution in [3.63, 3.8) is 0 Å². The number of amides is 1. The highest BCUT2D eigenvalue weighted by molar-refractivity contribution is 7.09. The van der Waals surface area contributed by atoms with Crippen molar-refractivity contribution in [3.8, 4) is 0 Å². The molecule has 0 unspecified atom stereocenters. The van der Waals surface area contributed by atoms with E-state index >= 15 is 0 Å². The van der Waals surface area contributed by atoms with Gasteiger partial charge in [0, 0.05) is 18.5 Å². The molecule has 0 fully saturated rings. The summed E-state index contributed by atoms with van der Waals surface area (Å²) in [6.45, 7) is 4.45. The number of nitrogens with one attached hydrogen (secondary N) is 1. The van der Waals surface area contributed by atoms with Crippen molar-refractivity contribution in [2.24, 2.45) is 0 Å². The van der Waals surface area contributed by atoms with Crippen LogP contribution in [0.2, 0.25) is 0 Å². The summed E-state index contributed by atoms with van der Waals surface area (Å²) in [5.41, 5.74) is 0.848. The lowest BCUT2D eigenvalue weighted by molar-refractivity contribution is -0.131. The molecular weight excluding hydrogens is 274 g/mol. The monoisotopic (exact) mass is 293 g/mol. The predicted octanol–water partition coefficient (Wildman–Crippen LogP) is 1.11. The molecule has 108 valence electrons. The van der Waals surface area contributed by atoms with Crippen molar-refractivity contribution < 1.29 is 4.79 Å². The molecule has 2 heterocycles. The highest BCUT2D eigenvalue weighted by atomic mass is 32.1. The minimum absolute atomic E-state index is 0.0262. The second-order valence-electron chi connectivity index (χ2n) is 4.52. The van der Waals surface area contributed by atoms with E-state index in [-0.39, 0.29) is 12.5 Å². The van der Waals surface area contributed by atoms with Crippen molar-refractivity contribution >= 4 is 17.2 Å². The first-order valence-corrected chi connectivity index (χ1v) is 7.43. The first kappa shape index (κ1) is 14.7. The van der Waals surface area contributed by atoms with Crippen molar-refractivity contribution in [2.45, 2.75) is 26.6 Å². The number of hydrogen-bond acceptors (Lipinski definition) is 5. The molecule has 0 saturated carbocycles. The van der Waals surface area contributed by atoms with Crippen molar-refractivity contribution in [1.29, 1.82) is 0 Å². The van der Waals surface area contributed by atoms with Crippen LogP contribution in [0.3, 0.4) is 0 Å². The molecule has 7 heteroatoms. The third-order valence-corrected chi connectivity index (χ3v) is 3.70. The normalized spacial score (nSPS) is 10.7. The molecule has 0 bridgehead atoms. The Labute approximate surface area is 122 Å². The molecule has 0 saturated heterocycles. The van der Waals surface area contributed by atoms with E-state index in [0.29, 0.717) is 13.1 Å². The summed E-state index contributed by atoms with van der Waals surface area (Å²) in [6.07, 6.45) is 1.81. The average molecular weight is 293 g/mol. The molecule has 0 radical (unpaired) electrons. The Kier molecular flexibility index (Phi) is 5.25. The van der Waals surface area contributed by atoms with Gasteiger partial charge in [0.1, 0.15) is 6.54 Å². The fraction of sp³-hybridized carbons (Fsp3) is 0.462. The Morgan fingerprint density at radius 1 is 1.55 bits per heavy atom. The molecule has 0 aliphatic rings. The summed E-state index contributed by atoms with van der Waals surface area (Å²) in [5.74, 6) is 0.0262. The minimum atomic E-state index is 0.0262. The number of thiophene rings is 1. The molecule has 1 amide bonds. The zero-order valence-corrected chi connectivity index (χ0v) is 12.6. The second-order valence-corrected chi connectivity index (χ2v) is 5.55.